The number of benzene rings is 2. The van der Waals surface area contributed by atoms with Gasteiger partial charge in [-0.15, -0.1) is 0 Å². The molecule has 7 heteroatoms. The van der Waals surface area contributed by atoms with Gasteiger partial charge < -0.3 is 9.64 Å². The zero-order chi connectivity index (χ0) is 24.9. The maximum absolute atomic E-state index is 14.0. The van der Waals surface area contributed by atoms with Gasteiger partial charge in [0.2, 0.25) is 5.91 Å². The summed E-state index contributed by atoms with van der Waals surface area (Å²) in [6.07, 6.45) is 2.25. The Labute approximate surface area is 212 Å². The highest BCUT2D eigenvalue weighted by Crippen LogP contribution is 2.34. The molecule has 3 atom stereocenters. The second-order valence-electron chi connectivity index (χ2n) is 9.80. The van der Waals surface area contributed by atoms with E-state index in [1.807, 2.05) is 41.3 Å². The van der Waals surface area contributed by atoms with Gasteiger partial charge in [0.05, 0.1) is 18.4 Å². The Morgan fingerprint density at radius 2 is 1.91 bits per heavy atom. The standard InChI is InChI=1S/C28H34ClFN2O3/c1-3-35-28(34)22-8-6-12-32(18-22)27(33)24-14-23(20-10-11-26(30)19(2)13-20)16-31(17-24)15-21-7-4-5-9-25(21)29/h4-5,7,9-11,13,22-24H,3,6,8,12,14-18H2,1-2H3. The number of piperidine rings is 2. The van der Waals surface area contributed by atoms with E-state index in [1.54, 1.807) is 13.8 Å². The molecule has 2 aromatic carbocycles. The van der Waals surface area contributed by atoms with Gasteiger partial charge in [-0.3, -0.25) is 14.5 Å². The Balaban J connectivity index is 1.54. The number of aryl methyl sites for hydroxylation is 1. The van der Waals surface area contributed by atoms with E-state index in [4.69, 9.17) is 16.3 Å². The first-order valence-corrected chi connectivity index (χ1v) is 12.9. The first kappa shape index (κ1) is 25.6. The van der Waals surface area contributed by atoms with Crippen LogP contribution in [0, 0.1) is 24.6 Å². The molecule has 2 aromatic rings. The number of halogens is 2. The lowest BCUT2D eigenvalue weighted by molar-refractivity contribution is -0.152. The third-order valence-electron chi connectivity index (χ3n) is 7.23. The van der Waals surface area contributed by atoms with Crippen LogP contribution in [0.4, 0.5) is 4.39 Å². The van der Waals surface area contributed by atoms with Crippen LogP contribution in [0.25, 0.3) is 0 Å². The number of amides is 1. The van der Waals surface area contributed by atoms with E-state index in [0.29, 0.717) is 49.8 Å². The summed E-state index contributed by atoms with van der Waals surface area (Å²) in [5.74, 6) is -0.706. The molecule has 4 rings (SSSR count). The van der Waals surface area contributed by atoms with Crippen LogP contribution in [0.1, 0.15) is 48.8 Å². The number of hydrogen-bond acceptors (Lipinski definition) is 4. The number of rotatable bonds is 6. The summed E-state index contributed by atoms with van der Waals surface area (Å²) in [5, 5.41) is 0.712. The van der Waals surface area contributed by atoms with Crippen molar-refractivity contribution >= 4 is 23.5 Å². The molecule has 0 aliphatic carbocycles. The van der Waals surface area contributed by atoms with Crippen LogP contribution in [0.5, 0.6) is 0 Å². The number of nitrogens with zero attached hydrogens (tertiary/aromatic N) is 2. The number of carbonyl (C=O) groups is 2. The van der Waals surface area contributed by atoms with Crippen LogP contribution < -0.4 is 0 Å². The fraction of sp³-hybridized carbons (Fsp3) is 0.500. The largest absolute Gasteiger partial charge is 0.466 e. The molecule has 0 bridgehead atoms. The molecule has 2 aliphatic heterocycles. The molecular weight excluding hydrogens is 467 g/mol. The van der Waals surface area contributed by atoms with Gasteiger partial charge in [0, 0.05) is 37.7 Å². The second-order valence-corrected chi connectivity index (χ2v) is 10.2. The summed E-state index contributed by atoms with van der Waals surface area (Å²) < 4.78 is 19.2. The third kappa shape index (κ3) is 6.22. The lowest BCUT2D eigenvalue weighted by atomic mass is 9.82. The number of ether oxygens (including phenoxy) is 1. The number of likely N-dealkylation sites (tertiary alicyclic amines) is 2. The van der Waals surface area contributed by atoms with E-state index in [2.05, 4.69) is 4.90 Å². The SMILES string of the molecule is CCOC(=O)C1CCCN(C(=O)C2CC(c3ccc(F)c(C)c3)CN(Cc3ccccc3Cl)C2)C1. The molecule has 2 saturated heterocycles. The summed E-state index contributed by atoms with van der Waals surface area (Å²) >= 11 is 6.44. The second kappa shape index (κ2) is 11.5. The molecule has 0 N–H and O–H groups in total. The minimum atomic E-state index is -0.258. The molecule has 3 unspecified atom stereocenters. The van der Waals surface area contributed by atoms with Crippen molar-refractivity contribution in [3.8, 4) is 0 Å². The monoisotopic (exact) mass is 500 g/mol. The average molecular weight is 501 g/mol. The van der Waals surface area contributed by atoms with E-state index in [-0.39, 0.29) is 35.4 Å². The molecule has 2 fully saturated rings. The van der Waals surface area contributed by atoms with Crippen molar-refractivity contribution in [3.05, 3.63) is 70.0 Å². The smallest absolute Gasteiger partial charge is 0.310 e. The lowest BCUT2D eigenvalue weighted by Crippen LogP contribution is -2.50. The topological polar surface area (TPSA) is 49.9 Å². The Kier molecular flexibility index (Phi) is 8.45. The van der Waals surface area contributed by atoms with Crippen LogP contribution in [0.2, 0.25) is 5.02 Å². The van der Waals surface area contributed by atoms with Crippen LogP contribution in [-0.4, -0.2) is 54.5 Å². The minimum Gasteiger partial charge on any atom is -0.466 e. The third-order valence-corrected chi connectivity index (χ3v) is 7.60. The Hall–Kier alpha value is -2.44. The number of hydrogen-bond donors (Lipinski definition) is 0. The summed E-state index contributed by atoms with van der Waals surface area (Å²) in [6.45, 7) is 7.04. The van der Waals surface area contributed by atoms with Gasteiger partial charge in [-0.05, 0) is 67.9 Å². The zero-order valence-electron chi connectivity index (χ0n) is 20.5. The molecular formula is C28H34ClFN2O3. The molecule has 0 aromatic heterocycles. The molecule has 35 heavy (non-hydrogen) atoms. The van der Waals surface area contributed by atoms with Gasteiger partial charge in [0.25, 0.3) is 0 Å². The van der Waals surface area contributed by atoms with Gasteiger partial charge in [-0.1, -0.05) is 41.9 Å². The van der Waals surface area contributed by atoms with Crippen LogP contribution in [-0.2, 0) is 20.9 Å². The highest BCUT2D eigenvalue weighted by atomic mass is 35.5. The Morgan fingerprint density at radius 1 is 1.11 bits per heavy atom. The van der Waals surface area contributed by atoms with Crippen LogP contribution in [0.15, 0.2) is 42.5 Å². The van der Waals surface area contributed by atoms with Gasteiger partial charge in [0.1, 0.15) is 5.82 Å². The van der Waals surface area contributed by atoms with Crippen LogP contribution >= 0.6 is 11.6 Å². The van der Waals surface area contributed by atoms with Crippen molar-refractivity contribution < 1.29 is 18.7 Å². The molecule has 0 saturated carbocycles. The molecule has 2 aliphatic rings. The first-order chi connectivity index (χ1) is 16.9. The highest BCUT2D eigenvalue weighted by molar-refractivity contribution is 6.31. The van der Waals surface area contributed by atoms with Crippen molar-refractivity contribution in [2.75, 3.05) is 32.8 Å². The van der Waals surface area contributed by atoms with Gasteiger partial charge in [-0.25, -0.2) is 4.39 Å². The van der Waals surface area contributed by atoms with Crippen LogP contribution in [0.3, 0.4) is 0 Å². The highest BCUT2D eigenvalue weighted by Gasteiger charge is 2.37. The average Bonchev–Trinajstić information content (AvgIpc) is 2.86. The van der Waals surface area contributed by atoms with Crippen molar-refractivity contribution in [3.63, 3.8) is 0 Å². The van der Waals surface area contributed by atoms with Gasteiger partial charge in [-0.2, -0.15) is 0 Å². The molecule has 188 valence electrons. The van der Waals surface area contributed by atoms with E-state index in [1.165, 1.54) is 6.07 Å². The molecule has 0 radical (unpaired) electrons. The van der Waals surface area contributed by atoms with Crippen molar-refractivity contribution in [2.24, 2.45) is 11.8 Å². The molecule has 0 spiro atoms. The van der Waals surface area contributed by atoms with Crippen molar-refractivity contribution in [1.82, 2.24) is 9.80 Å². The van der Waals surface area contributed by atoms with E-state index in [9.17, 15) is 14.0 Å². The molecule has 2 heterocycles. The fourth-order valence-corrected chi connectivity index (χ4v) is 5.61. The number of carbonyl (C=O) groups excluding carboxylic acids is 2. The van der Waals surface area contributed by atoms with Crippen molar-refractivity contribution in [2.45, 2.75) is 45.6 Å². The Morgan fingerprint density at radius 3 is 2.66 bits per heavy atom. The maximum atomic E-state index is 14.0. The van der Waals surface area contributed by atoms with E-state index >= 15 is 0 Å². The Bertz CT molecular complexity index is 1060. The quantitative estimate of drug-likeness (QED) is 0.512. The maximum Gasteiger partial charge on any atom is 0.310 e. The summed E-state index contributed by atoms with van der Waals surface area (Å²) in [5.41, 5.74) is 2.69. The van der Waals surface area contributed by atoms with E-state index in [0.717, 1.165) is 30.5 Å². The normalized spacial score (nSPS) is 23.2. The minimum absolute atomic E-state index is 0.0895. The zero-order valence-corrected chi connectivity index (χ0v) is 21.3. The lowest BCUT2D eigenvalue weighted by Gasteiger charge is -2.41. The van der Waals surface area contributed by atoms with Gasteiger partial charge >= 0.3 is 5.97 Å². The van der Waals surface area contributed by atoms with E-state index < -0.39 is 0 Å². The summed E-state index contributed by atoms with van der Waals surface area (Å²) in [4.78, 5) is 30.1. The molecule has 5 nitrogen and oxygen atoms in total. The summed E-state index contributed by atoms with van der Waals surface area (Å²) in [6, 6.07) is 13.0. The molecule has 1 amide bonds. The fourth-order valence-electron chi connectivity index (χ4n) is 5.42. The first-order valence-electron chi connectivity index (χ1n) is 12.5. The summed E-state index contributed by atoms with van der Waals surface area (Å²) in [7, 11) is 0. The van der Waals surface area contributed by atoms with Gasteiger partial charge in [0.15, 0.2) is 0 Å². The predicted molar refractivity (Wildman–Crippen MR) is 135 cm³/mol. The predicted octanol–water partition coefficient (Wildman–Crippen LogP) is 5.19. The number of esters is 1. The van der Waals surface area contributed by atoms with Crippen molar-refractivity contribution in [1.29, 1.82) is 0 Å².